The molecular formula is C56H38N4O. The third-order valence-corrected chi connectivity index (χ3v) is 12.5. The van der Waals surface area contributed by atoms with Gasteiger partial charge in [-0.1, -0.05) is 166 Å². The zero-order valence-corrected chi connectivity index (χ0v) is 33.7. The first-order chi connectivity index (χ1) is 30.0. The summed E-state index contributed by atoms with van der Waals surface area (Å²) in [6.45, 7) is 4.68. The Kier molecular flexibility index (Phi) is 7.81. The number of aromatic nitrogens is 3. The van der Waals surface area contributed by atoms with Crippen molar-refractivity contribution < 1.29 is 4.42 Å². The average Bonchev–Trinajstić information content (AvgIpc) is 3.74. The van der Waals surface area contributed by atoms with E-state index in [2.05, 4.69) is 140 Å². The molecule has 0 amide bonds. The van der Waals surface area contributed by atoms with Gasteiger partial charge in [-0.25, -0.2) is 15.0 Å². The maximum Gasteiger partial charge on any atom is 0.164 e. The lowest BCUT2D eigenvalue weighted by molar-refractivity contribution is 0.660. The number of hydrogen-bond acceptors (Lipinski definition) is 5. The molecule has 5 nitrogen and oxygen atoms in total. The minimum atomic E-state index is -0.136. The third kappa shape index (κ3) is 5.66. The SMILES string of the molecule is CC1(C)c2ccccc2-c2cc3c(cc21)C=Cc1cc(-c2cccc4c2oc2ccccc24)ccc1N3c1cccc(-c2nc(-c3ccccc3)nc(-c3ccccc3)n2)c1. The Hall–Kier alpha value is -7.89. The van der Waals surface area contributed by atoms with Crippen molar-refractivity contribution in [3.8, 4) is 56.4 Å². The zero-order valence-electron chi connectivity index (χ0n) is 33.7. The van der Waals surface area contributed by atoms with Gasteiger partial charge >= 0.3 is 0 Å². The van der Waals surface area contributed by atoms with E-state index in [0.717, 1.165) is 77.9 Å². The number of fused-ring (bicyclic) bond motifs is 8. The molecule has 288 valence electrons. The van der Waals surface area contributed by atoms with Gasteiger partial charge in [0.25, 0.3) is 0 Å². The lowest BCUT2D eigenvalue weighted by atomic mass is 9.82. The summed E-state index contributed by atoms with van der Waals surface area (Å²) in [4.78, 5) is 17.6. The number of para-hydroxylation sites is 2. The highest BCUT2D eigenvalue weighted by Crippen LogP contribution is 2.53. The predicted molar refractivity (Wildman–Crippen MR) is 250 cm³/mol. The Morgan fingerprint density at radius 1 is 0.426 bits per heavy atom. The van der Waals surface area contributed by atoms with Crippen LogP contribution in [0, 0.1) is 0 Å². The van der Waals surface area contributed by atoms with Crippen LogP contribution in [0.1, 0.15) is 36.1 Å². The van der Waals surface area contributed by atoms with Crippen molar-refractivity contribution in [2.45, 2.75) is 19.3 Å². The summed E-state index contributed by atoms with van der Waals surface area (Å²) < 4.78 is 6.52. The molecule has 0 saturated heterocycles. The fourth-order valence-corrected chi connectivity index (χ4v) is 9.42. The molecule has 1 aliphatic heterocycles. The zero-order chi connectivity index (χ0) is 40.7. The van der Waals surface area contributed by atoms with Crippen LogP contribution in [-0.2, 0) is 5.41 Å². The van der Waals surface area contributed by atoms with Gasteiger partial charge in [0.05, 0.1) is 11.4 Å². The van der Waals surface area contributed by atoms with E-state index >= 15 is 0 Å². The number of furan rings is 1. The maximum absolute atomic E-state index is 6.52. The van der Waals surface area contributed by atoms with E-state index in [1.54, 1.807) is 0 Å². The fraction of sp³-hybridized carbons (Fsp3) is 0.0536. The Balaban J connectivity index is 1.06. The summed E-state index contributed by atoms with van der Waals surface area (Å²) in [7, 11) is 0. The van der Waals surface area contributed by atoms with E-state index in [0.29, 0.717) is 17.5 Å². The summed E-state index contributed by atoms with van der Waals surface area (Å²) in [5, 5.41) is 2.24. The molecule has 2 aromatic heterocycles. The number of hydrogen-bond donors (Lipinski definition) is 0. The lowest BCUT2D eigenvalue weighted by Crippen LogP contribution is -2.16. The second-order valence-corrected chi connectivity index (χ2v) is 16.4. The Morgan fingerprint density at radius 2 is 1.03 bits per heavy atom. The fourth-order valence-electron chi connectivity index (χ4n) is 9.42. The standard InChI is InChI=1S/C56H38N4O/c1-56(2)47-25-11-9-21-43(47)46-34-50-39(33-48(46)56)28-27-38-31-37(42-23-14-24-45-44-22-10-12-26-51(44)61-52(42)45)29-30-49(38)60(50)41-20-13-19-40(32-41)55-58-53(35-15-5-3-6-16-35)57-54(59-55)36-17-7-4-8-18-36/h3-34H,1-2H3. The molecule has 0 fully saturated rings. The first-order valence-electron chi connectivity index (χ1n) is 20.8. The van der Waals surface area contributed by atoms with Gasteiger partial charge in [0.1, 0.15) is 11.2 Å². The molecule has 5 heteroatoms. The minimum absolute atomic E-state index is 0.136. The van der Waals surface area contributed by atoms with Crippen LogP contribution < -0.4 is 4.90 Å². The van der Waals surface area contributed by atoms with Crippen molar-refractivity contribution in [1.29, 1.82) is 0 Å². The Morgan fingerprint density at radius 3 is 1.80 bits per heavy atom. The van der Waals surface area contributed by atoms with Gasteiger partial charge < -0.3 is 9.32 Å². The highest BCUT2D eigenvalue weighted by molar-refractivity contribution is 6.10. The molecule has 0 spiro atoms. The number of benzene rings is 8. The van der Waals surface area contributed by atoms with Crippen molar-refractivity contribution in [1.82, 2.24) is 15.0 Å². The predicted octanol–water partition coefficient (Wildman–Crippen LogP) is 14.7. The van der Waals surface area contributed by atoms with Gasteiger partial charge in [-0.2, -0.15) is 0 Å². The van der Waals surface area contributed by atoms with E-state index in [9.17, 15) is 0 Å². The normalized spacial score (nSPS) is 13.4. The Bertz CT molecular complexity index is 3340. The summed E-state index contributed by atoms with van der Waals surface area (Å²) in [5.74, 6) is 1.88. The van der Waals surface area contributed by atoms with Crippen molar-refractivity contribution in [3.63, 3.8) is 0 Å². The molecular weight excluding hydrogens is 745 g/mol. The molecule has 0 N–H and O–H groups in total. The molecule has 61 heavy (non-hydrogen) atoms. The van der Waals surface area contributed by atoms with Crippen LogP contribution in [0.4, 0.5) is 17.1 Å². The van der Waals surface area contributed by atoms with Gasteiger partial charge in [0.2, 0.25) is 0 Å². The monoisotopic (exact) mass is 782 g/mol. The molecule has 1 aliphatic carbocycles. The van der Waals surface area contributed by atoms with Crippen molar-refractivity contribution in [3.05, 3.63) is 204 Å². The molecule has 3 heterocycles. The molecule has 8 aromatic carbocycles. The second-order valence-electron chi connectivity index (χ2n) is 16.4. The van der Waals surface area contributed by atoms with Gasteiger partial charge in [-0.05, 0) is 81.4 Å². The summed E-state index contributed by atoms with van der Waals surface area (Å²) in [6.07, 6.45) is 4.55. The van der Waals surface area contributed by atoms with Gasteiger partial charge in [0, 0.05) is 44.1 Å². The van der Waals surface area contributed by atoms with Gasteiger partial charge in [0.15, 0.2) is 17.5 Å². The van der Waals surface area contributed by atoms with Crippen LogP contribution in [0.3, 0.4) is 0 Å². The van der Waals surface area contributed by atoms with Crippen LogP contribution in [0.25, 0.3) is 90.5 Å². The van der Waals surface area contributed by atoms with E-state index in [1.165, 1.54) is 22.3 Å². The molecule has 0 saturated carbocycles. The van der Waals surface area contributed by atoms with Crippen LogP contribution in [0.2, 0.25) is 0 Å². The summed E-state index contributed by atoms with van der Waals surface area (Å²) >= 11 is 0. The Labute approximate surface area is 354 Å². The lowest BCUT2D eigenvalue weighted by Gasteiger charge is -2.29. The van der Waals surface area contributed by atoms with E-state index in [1.807, 2.05) is 72.8 Å². The number of nitrogens with zero attached hydrogens (tertiary/aromatic N) is 4. The van der Waals surface area contributed by atoms with Gasteiger partial charge in [-0.3, -0.25) is 0 Å². The van der Waals surface area contributed by atoms with Crippen molar-refractivity contribution in [2.24, 2.45) is 0 Å². The average molecular weight is 783 g/mol. The second kappa shape index (κ2) is 13.6. The van der Waals surface area contributed by atoms with Crippen molar-refractivity contribution in [2.75, 3.05) is 4.90 Å². The quantitative estimate of drug-likeness (QED) is 0.174. The summed E-state index contributed by atoms with van der Waals surface area (Å²) in [6, 6.07) is 64.0. The minimum Gasteiger partial charge on any atom is -0.455 e. The van der Waals surface area contributed by atoms with E-state index in [4.69, 9.17) is 19.4 Å². The number of rotatable bonds is 5. The number of anilines is 3. The molecule has 0 atom stereocenters. The van der Waals surface area contributed by atoms with Crippen molar-refractivity contribution >= 4 is 51.2 Å². The van der Waals surface area contributed by atoms with E-state index in [-0.39, 0.29) is 5.41 Å². The first kappa shape index (κ1) is 35.1. The molecule has 10 aromatic rings. The third-order valence-electron chi connectivity index (χ3n) is 12.5. The van der Waals surface area contributed by atoms with Crippen LogP contribution in [0.15, 0.2) is 186 Å². The van der Waals surface area contributed by atoms with Gasteiger partial charge in [-0.15, -0.1) is 0 Å². The highest BCUT2D eigenvalue weighted by Gasteiger charge is 2.37. The first-order valence-corrected chi connectivity index (χ1v) is 20.8. The molecule has 2 aliphatic rings. The molecule has 0 radical (unpaired) electrons. The summed E-state index contributed by atoms with van der Waals surface area (Å²) in [5.41, 5.74) is 17.3. The topological polar surface area (TPSA) is 55.1 Å². The molecule has 0 unspecified atom stereocenters. The maximum atomic E-state index is 6.52. The van der Waals surface area contributed by atoms with Crippen LogP contribution in [0.5, 0.6) is 0 Å². The smallest absolute Gasteiger partial charge is 0.164 e. The molecule has 12 rings (SSSR count). The van der Waals surface area contributed by atoms with Crippen LogP contribution in [-0.4, -0.2) is 15.0 Å². The molecule has 0 bridgehead atoms. The highest BCUT2D eigenvalue weighted by atomic mass is 16.3. The van der Waals surface area contributed by atoms with Crippen LogP contribution >= 0.6 is 0 Å². The largest absolute Gasteiger partial charge is 0.455 e. The van der Waals surface area contributed by atoms with E-state index < -0.39 is 0 Å².